The Balaban J connectivity index is 1.97. The molecule has 2 aliphatic rings. The van der Waals surface area contributed by atoms with Crippen LogP contribution in [0.15, 0.2) is 24.3 Å². The molecule has 1 saturated carbocycles. The maximum absolute atomic E-state index is 13.3. The van der Waals surface area contributed by atoms with E-state index in [1.54, 1.807) is 6.92 Å². The molecule has 1 atom stereocenters. The predicted octanol–water partition coefficient (Wildman–Crippen LogP) is 2.25. The van der Waals surface area contributed by atoms with E-state index < -0.39 is 16.1 Å². The van der Waals surface area contributed by atoms with Crippen molar-refractivity contribution in [2.24, 2.45) is 0 Å². The van der Waals surface area contributed by atoms with E-state index in [1.807, 2.05) is 29.2 Å². The van der Waals surface area contributed by atoms with Crippen LogP contribution in [0.2, 0.25) is 5.82 Å². The first-order chi connectivity index (χ1) is 11.8. The fourth-order valence-corrected chi connectivity index (χ4v) is 4.87. The Morgan fingerprint density at radius 2 is 1.84 bits per heavy atom. The molecular weight excluding hydrogens is 335 g/mol. The summed E-state index contributed by atoms with van der Waals surface area (Å²) in [5, 5.41) is 0. The molecule has 0 spiro atoms. The first-order valence-electron chi connectivity index (χ1n) is 8.94. The van der Waals surface area contributed by atoms with Crippen LogP contribution in [0.4, 0.5) is 0 Å². The molecule has 1 unspecified atom stereocenters. The van der Waals surface area contributed by atoms with E-state index in [-0.39, 0.29) is 23.5 Å². The average molecular weight is 360 g/mol. The highest BCUT2D eigenvalue weighted by Crippen LogP contribution is 2.37. The Bertz CT molecular complexity index is 744. The van der Waals surface area contributed by atoms with Gasteiger partial charge in [0.05, 0.1) is 13.6 Å². The predicted molar refractivity (Wildman–Crippen MR) is 98.7 cm³/mol. The molecule has 1 aromatic carbocycles. The van der Waals surface area contributed by atoms with Gasteiger partial charge < -0.3 is 4.90 Å². The van der Waals surface area contributed by atoms with Gasteiger partial charge in [-0.3, -0.25) is 4.79 Å². The standard InChI is InChI=1S/C18H25BN2O3S/c1-3-25(23,24)20(2)17-16-7-5-4-6-13(16)12-21(18(17)22)15-10-8-14(19)9-11-15/h4-7,14-15,17H,3,8-12H2,1-2H3. The SMILES string of the molecule is [B]C1CCC(N2Cc3ccccc3C(N(C)S(=O)(=O)CC)C2=O)CC1. The molecule has 1 aliphatic carbocycles. The van der Waals surface area contributed by atoms with Gasteiger partial charge in [0.2, 0.25) is 15.9 Å². The summed E-state index contributed by atoms with van der Waals surface area (Å²) in [6, 6.07) is 7.03. The molecule has 134 valence electrons. The number of benzene rings is 1. The number of hydrogen-bond acceptors (Lipinski definition) is 3. The van der Waals surface area contributed by atoms with Gasteiger partial charge in [0.1, 0.15) is 6.04 Å². The monoisotopic (exact) mass is 360 g/mol. The Morgan fingerprint density at radius 1 is 1.20 bits per heavy atom. The zero-order valence-electron chi connectivity index (χ0n) is 14.9. The minimum Gasteiger partial charge on any atom is -0.334 e. The minimum atomic E-state index is -3.47. The minimum absolute atomic E-state index is 0.0201. The van der Waals surface area contributed by atoms with Gasteiger partial charge in [-0.15, -0.1) is 0 Å². The summed E-state index contributed by atoms with van der Waals surface area (Å²) in [6.07, 6.45) is 3.58. The van der Waals surface area contributed by atoms with E-state index in [2.05, 4.69) is 0 Å². The van der Waals surface area contributed by atoms with Crippen molar-refractivity contribution in [1.82, 2.24) is 9.21 Å². The lowest BCUT2D eigenvalue weighted by molar-refractivity contribution is -0.140. The Hall–Kier alpha value is -1.34. The van der Waals surface area contributed by atoms with Gasteiger partial charge in [-0.05, 0) is 30.9 Å². The first-order valence-corrected chi connectivity index (χ1v) is 10.6. The van der Waals surface area contributed by atoms with Gasteiger partial charge in [0, 0.05) is 19.6 Å². The van der Waals surface area contributed by atoms with Crippen LogP contribution in [-0.4, -0.2) is 50.2 Å². The van der Waals surface area contributed by atoms with Crippen LogP contribution in [0.3, 0.4) is 0 Å². The van der Waals surface area contributed by atoms with Crippen molar-refractivity contribution in [2.45, 2.75) is 57.1 Å². The Kier molecular flexibility index (Phi) is 5.25. The molecule has 25 heavy (non-hydrogen) atoms. The summed E-state index contributed by atoms with van der Waals surface area (Å²) in [4.78, 5) is 15.1. The average Bonchev–Trinajstić information content (AvgIpc) is 2.61. The zero-order valence-corrected chi connectivity index (χ0v) is 15.7. The van der Waals surface area contributed by atoms with Crippen LogP contribution in [0, 0.1) is 0 Å². The molecular formula is C18H25BN2O3S. The van der Waals surface area contributed by atoms with E-state index in [0.29, 0.717) is 6.54 Å². The molecule has 2 radical (unpaired) electrons. The molecule has 1 heterocycles. The van der Waals surface area contributed by atoms with Gasteiger partial charge in [-0.2, -0.15) is 4.31 Å². The van der Waals surface area contributed by atoms with E-state index in [4.69, 9.17) is 7.85 Å². The Labute approximate surface area is 151 Å². The topological polar surface area (TPSA) is 57.7 Å². The van der Waals surface area contributed by atoms with Crippen LogP contribution in [0.5, 0.6) is 0 Å². The molecule has 1 amide bonds. The molecule has 0 saturated heterocycles. The summed E-state index contributed by atoms with van der Waals surface area (Å²) in [5.41, 5.74) is 1.83. The van der Waals surface area contributed by atoms with Crippen molar-refractivity contribution in [1.29, 1.82) is 0 Å². The molecule has 0 bridgehead atoms. The fraction of sp³-hybridized carbons (Fsp3) is 0.611. The third kappa shape index (κ3) is 3.49. The van der Waals surface area contributed by atoms with Crippen molar-refractivity contribution in [3.8, 4) is 0 Å². The highest BCUT2D eigenvalue weighted by atomic mass is 32.2. The molecule has 5 nitrogen and oxygen atoms in total. The number of fused-ring (bicyclic) bond motifs is 1. The van der Waals surface area contributed by atoms with Gasteiger partial charge >= 0.3 is 0 Å². The molecule has 0 aromatic heterocycles. The van der Waals surface area contributed by atoms with Crippen molar-refractivity contribution < 1.29 is 13.2 Å². The summed E-state index contributed by atoms with van der Waals surface area (Å²) in [7, 11) is 4.04. The third-order valence-electron chi connectivity index (χ3n) is 5.56. The fourth-order valence-electron chi connectivity index (χ4n) is 3.93. The number of rotatable bonds is 4. The number of sulfonamides is 1. The summed E-state index contributed by atoms with van der Waals surface area (Å²) in [6.45, 7) is 2.15. The van der Waals surface area contributed by atoms with Crippen LogP contribution in [0.25, 0.3) is 0 Å². The molecule has 1 aliphatic heterocycles. The number of hydrogen-bond donors (Lipinski definition) is 0. The lowest BCUT2D eigenvalue weighted by atomic mass is 9.73. The van der Waals surface area contributed by atoms with Gasteiger partial charge in [-0.25, -0.2) is 8.42 Å². The van der Waals surface area contributed by atoms with Crippen LogP contribution in [0.1, 0.15) is 49.8 Å². The van der Waals surface area contributed by atoms with Crippen molar-refractivity contribution in [2.75, 3.05) is 12.8 Å². The van der Waals surface area contributed by atoms with Crippen LogP contribution in [-0.2, 0) is 21.4 Å². The van der Waals surface area contributed by atoms with Crippen molar-refractivity contribution >= 4 is 23.8 Å². The molecule has 1 fully saturated rings. The number of amides is 1. The maximum Gasteiger partial charge on any atom is 0.246 e. The highest BCUT2D eigenvalue weighted by molar-refractivity contribution is 7.89. The quantitative estimate of drug-likeness (QED) is 0.774. The van der Waals surface area contributed by atoms with E-state index in [0.717, 1.165) is 36.8 Å². The lowest BCUT2D eigenvalue weighted by Gasteiger charge is -2.43. The summed E-state index contributed by atoms with van der Waals surface area (Å²) in [5.74, 6) is 0.0781. The smallest absolute Gasteiger partial charge is 0.246 e. The second-order valence-corrected chi connectivity index (χ2v) is 9.37. The summed E-state index contributed by atoms with van der Waals surface area (Å²) >= 11 is 0. The molecule has 7 heteroatoms. The zero-order chi connectivity index (χ0) is 18.2. The number of carbonyl (C=O) groups is 1. The van der Waals surface area contributed by atoms with Crippen LogP contribution >= 0.6 is 0 Å². The summed E-state index contributed by atoms with van der Waals surface area (Å²) < 4.78 is 26.1. The van der Waals surface area contributed by atoms with Crippen LogP contribution < -0.4 is 0 Å². The second-order valence-electron chi connectivity index (χ2n) is 7.05. The first kappa shape index (κ1) is 18.5. The maximum atomic E-state index is 13.3. The lowest BCUT2D eigenvalue weighted by Crippen LogP contribution is -2.51. The van der Waals surface area contributed by atoms with Crippen molar-refractivity contribution in [3.63, 3.8) is 0 Å². The molecule has 1 aromatic rings. The van der Waals surface area contributed by atoms with E-state index >= 15 is 0 Å². The second kappa shape index (κ2) is 7.12. The van der Waals surface area contributed by atoms with E-state index in [1.165, 1.54) is 11.4 Å². The number of nitrogens with zero attached hydrogens (tertiary/aromatic N) is 2. The number of likely N-dealkylation sites (N-methyl/N-ethyl adjacent to an activating group) is 1. The van der Waals surface area contributed by atoms with Gasteiger partial charge in [0.25, 0.3) is 0 Å². The van der Waals surface area contributed by atoms with Crippen molar-refractivity contribution in [3.05, 3.63) is 35.4 Å². The molecule has 0 N–H and O–H groups in total. The highest BCUT2D eigenvalue weighted by Gasteiger charge is 2.42. The van der Waals surface area contributed by atoms with E-state index in [9.17, 15) is 13.2 Å². The van der Waals surface area contributed by atoms with Gasteiger partial charge in [0.15, 0.2) is 0 Å². The Morgan fingerprint density at radius 3 is 2.48 bits per heavy atom. The third-order valence-corrected chi connectivity index (χ3v) is 7.37. The largest absolute Gasteiger partial charge is 0.334 e. The van der Waals surface area contributed by atoms with Gasteiger partial charge in [-0.1, -0.05) is 42.9 Å². The molecule has 3 rings (SSSR count). The number of carbonyl (C=O) groups excluding carboxylic acids is 1. The normalized spacial score (nSPS) is 27.4.